The van der Waals surface area contributed by atoms with Gasteiger partial charge in [0.25, 0.3) is 0 Å². The molecule has 2 amide bonds. The molecule has 1 aromatic rings. The Morgan fingerprint density at radius 2 is 1.92 bits per heavy atom. The molecule has 2 fully saturated rings. The summed E-state index contributed by atoms with van der Waals surface area (Å²) in [4.78, 5) is 28.5. The van der Waals surface area contributed by atoms with Gasteiger partial charge in [0.2, 0.25) is 11.8 Å². The Morgan fingerprint density at radius 3 is 2.60 bits per heavy atom. The summed E-state index contributed by atoms with van der Waals surface area (Å²) in [6, 6.07) is 9.64. The average Bonchev–Trinajstić information content (AvgIpc) is 2.68. The highest BCUT2D eigenvalue weighted by atomic mass is 16.5. The van der Waals surface area contributed by atoms with E-state index in [9.17, 15) is 9.59 Å². The molecule has 7 heteroatoms. The summed E-state index contributed by atoms with van der Waals surface area (Å²) in [5.74, 6) is 0.124. The standard InChI is InChI=1S/C18H26N4O3/c23-17(20-12-15-4-2-1-3-5-15)13-21-7-9-22(10-8-21)18(24)16-14-25-11-6-19-16/h1-5,16,19H,6-14H2,(H,20,23). The number of nitrogens with zero attached hydrogens (tertiary/aromatic N) is 2. The number of hydrogen-bond acceptors (Lipinski definition) is 5. The van der Waals surface area contributed by atoms with Crippen LogP contribution in [0.15, 0.2) is 30.3 Å². The Morgan fingerprint density at radius 1 is 1.16 bits per heavy atom. The third kappa shape index (κ3) is 5.26. The van der Waals surface area contributed by atoms with Gasteiger partial charge in [0, 0.05) is 39.3 Å². The van der Waals surface area contributed by atoms with Gasteiger partial charge in [-0.2, -0.15) is 0 Å². The van der Waals surface area contributed by atoms with Gasteiger partial charge in [-0.1, -0.05) is 30.3 Å². The van der Waals surface area contributed by atoms with Crippen LogP contribution in [0.25, 0.3) is 0 Å². The monoisotopic (exact) mass is 346 g/mol. The SMILES string of the molecule is O=C(CN1CCN(C(=O)C2COCCN2)CC1)NCc1ccccc1. The first-order valence-electron chi connectivity index (χ1n) is 8.85. The van der Waals surface area contributed by atoms with Gasteiger partial charge >= 0.3 is 0 Å². The number of morpholine rings is 1. The minimum atomic E-state index is -0.227. The van der Waals surface area contributed by atoms with Gasteiger partial charge in [0.1, 0.15) is 6.04 Å². The summed E-state index contributed by atoms with van der Waals surface area (Å²) >= 11 is 0. The summed E-state index contributed by atoms with van der Waals surface area (Å²) in [7, 11) is 0. The lowest BCUT2D eigenvalue weighted by molar-refractivity contribution is -0.138. The zero-order valence-electron chi connectivity index (χ0n) is 14.4. The highest BCUT2D eigenvalue weighted by molar-refractivity contribution is 5.82. The topological polar surface area (TPSA) is 73.9 Å². The normalized spacial score (nSPS) is 21.8. The third-order valence-electron chi connectivity index (χ3n) is 4.60. The molecule has 0 spiro atoms. The number of carbonyl (C=O) groups is 2. The fourth-order valence-corrected chi connectivity index (χ4v) is 3.13. The molecule has 2 saturated heterocycles. The molecule has 0 saturated carbocycles. The van der Waals surface area contributed by atoms with E-state index in [4.69, 9.17) is 4.74 Å². The predicted octanol–water partition coefficient (Wildman–Crippen LogP) is -0.565. The molecule has 2 N–H and O–H groups in total. The molecule has 1 atom stereocenters. The second-order valence-electron chi connectivity index (χ2n) is 6.45. The van der Waals surface area contributed by atoms with Crippen molar-refractivity contribution in [2.45, 2.75) is 12.6 Å². The second kappa shape index (κ2) is 8.94. The molecular formula is C18H26N4O3. The number of ether oxygens (including phenoxy) is 1. The molecule has 7 nitrogen and oxygen atoms in total. The minimum Gasteiger partial charge on any atom is -0.378 e. The zero-order chi connectivity index (χ0) is 17.5. The maximum absolute atomic E-state index is 12.4. The van der Waals surface area contributed by atoms with E-state index in [1.165, 1.54) is 0 Å². The smallest absolute Gasteiger partial charge is 0.242 e. The molecule has 0 bridgehead atoms. The average molecular weight is 346 g/mol. The number of amides is 2. The Kier molecular flexibility index (Phi) is 6.38. The van der Waals surface area contributed by atoms with Crippen LogP contribution in [-0.2, 0) is 20.9 Å². The first-order chi connectivity index (χ1) is 12.2. The van der Waals surface area contributed by atoms with Gasteiger partial charge in [-0.15, -0.1) is 0 Å². The number of piperazine rings is 1. The van der Waals surface area contributed by atoms with Gasteiger partial charge in [0.05, 0.1) is 19.8 Å². The first kappa shape index (κ1) is 17.8. The van der Waals surface area contributed by atoms with E-state index in [1.807, 2.05) is 35.2 Å². The summed E-state index contributed by atoms with van der Waals surface area (Å²) in [6.45, 7) is 5.50. The van der Waals surface area contributed by atoms with Gasteiger partial charge in [-0.25, -0.2) is 0 Å². The van der Waals surface area contributed by atoms with Gasteiger partial charge in [-0.05, 0) is 5.56 Å². The number of carbonyl (C=O) groups excluding carboxylic acids is 2. The summed E-state index contributed by atoms with van der Waals surface area (Å²) in [5.41, 5.74) is 1.09. The van der Waals surface area contributed by atoms with Crippen LogP contribution < -0.4 is 10.6 Å². The number of benzene rings is 1. The molecule has 1 unspecified atom stereocenters. The maximum atomic E-state index is 12.4. The van der Waals surface area contributed by atoms with E-state index >= 15 is 0 Å². The van der Waals surface area contributed by atoms with E-state index < -0.39 is 0 Å². The summed E-state index contributed by atoms with van der Waals surface area (Å²) in [5, 5.41) is 6.14. The number of hydrogen-bond donors (Lipinski definition) is 2. The quantitative estimate of drug-likeness (QED) is 0.747. The van der Waals surface area contributed by atoms with E-state index in [-0.39, 0.29) is 17.9 Å². The van der Waals surface area contributed by atoms with Gasteiger partial charge in [0.15, 0.2) is 0 Å². The predicted molar refractivity (Wildman–Crippen MR) is 93.9 cm³/mol. The fourth-order valence-electron chi connectivity index (χ4n) is 3.13. The van der Waals surface area contributed by atoms with E-state index in [2.05, 4.69) is 15.5 Å². The lowest BCUT2D eigenvalue weighted by Gasteiger charge is -2.36. The van der Waals surface area contributed by atoms with Crippen LogP contribution in [0.1, 0.15) is 5.56 Å². The third-order valence-corrected chi connectivity index (χ3v) is 4.60. The van der Waals surface area contributed by atoms with Crippen LogP contribution in [0.4, 0.5) is 0 Å². The van der Waals surface area contributed by atoms with Gasteiger partial charge in [-0.3, -0.25) is 14.5 Å². The van der Waals surface area contributed by atoms with Crippen molar-refractivity contribution < 1.29 is 14.3 Å². The minimum absolute atomic E-state index is 0.0194. The van der Waals surface area contributed by atoms with Crippen molar-refractivity contribution in [3.05, 3.63) is 35.9 Å². The van der Waals surface area contributed by atoms with Crippen molar-refractivity contribution in [1.29, 1.82) is 0 Å². The molecule has 2 aliphatic heterocycles. The lowest BCUT2D eigenvalue weighted by atomic mass is 10.2. The largest absolute Gasteiger partial charge is 0.378 e. The Bertz CT molecular complexity index is 567. The number of nitrogens with one attached hydrogen (secondary N) is 2. The van der Waals surface area contributed by atoms with Crippen LogP contribution in [0.5, 0.6) is 0 Å². The van der Waals surface area contributed by atoms with Crippen molar-refractivity contribution in [1.82, 2.24) is 20.4 Å². The molecule has 0 radical (unpaired) electrons. The molecule has 1 aromatic carbocycles. The van der Waals surface area contributed by atoms with Crippen molar-refractivity contribution in [3.63, 3.8) is 0 Å². The molecule has 0 aliphatic carbocycles. The van der Waals surface area contributed by atoms with E-state index in [0.717, 1.165) is 25.2 Å². The van der Waals surface area contributed by atoms with E-state index in [1.54, 1.807) is 0 Å². The molecule has 2 aliphatic rings. The fraction of sp³-hybridized carbons (Fsp3) is 0.556. The molecule has 2 heterocycles. The second-order valence-corrected chi connectivity index (χ2v) is 6.45. The Hall–Kier alpha value is -1.96. The van der Waals surface area contributed by atoms with Crippen molar-refractivity contribution in [2.75, 3.05) is 52.5 Å². The maximum Gasteiger partial charge on any atom is 0.242 e. The first-order valence-corrected chi connectivity index (χ1v) is 8.85. The number of rotatable bonds is 5. The molecule has 3 rings (SSSR count). The molecule has 0 aromatic heterocycles. The molecule has 25 heavy (non-hydrogen) atoms. The zero-order valence-corrected chi connectivity index (χ0v) is 14.4. The van der Waals surface area contributed by atoms with Crippen LogP contribution in [-0.4, -0.2) is 80.1 Å². The van der Waals surface area contributed by atoms with Gasteiger partial charge < -0.3 is 20.3 Å². The summed E-state index contributed by atoms with van der Waals surface area (Å²) < 4.78 is 5.36. The lowest BCUT2D eigenvalue weighted by Crippen LogP contribution is -2.57. The van der Waals surface area contributed by atoms with Crippen molar-refractivity contribution in [3.8, 4) is 0 Å². The van der Waals surface area contributed by atoms with Crippen LogP contribution >= 0.6 is 0 Å². The molecule has 136 valence electrons. The van der Waals surface area contributed by atoms with Crippen LogP contribution in [0, 0.1) is 0 Å². The Balaban J connectivity index is 1.37. The van der Waals surface area contributed by atoms with Crippen molar-refractivity contribution in [2.24, 2.45) is 0 Å². The van der Waals surface area contributed by atoms with Crippen molar-refractivity contribution >= 4 is 11.8 Å². The summed E-state index contributed by atoms with van der Waals surface area (Å²) in [6.07, 6.45) is 0. The molecular weight excluding hydrogens is 320 g/mol. The Labute approximate surface area is 148 Å². The highest BCUT2D eigenvalue weighted by Crippen LogP contribution is 2.06. The highest BCUT2D eigenvalue weighted by Gasteiger charge is 2.29. The van der Waals surface area contributed by atoms with Crippen LogP contribution in [0.3, 0.4) is 0 Å². The van der Waals surface area contributed by atoms with Crippen LogP contribution in [0.2, 0.25) is 0 Å². The van der Waals surface area contributed by atoms with E-state index in [0.29, 0.717) is 39.4 Å².